The molecule has 0 aliphatic carbocycles. The van der Waals surface area contributed by atoms with Crippen LogP contribution in [-0.4, -0.2) is 26.9 Å². The number of thioether (sulfide) groups is 1. The molecule has 0 aliphatic heterocycles. The van der Waals surface area contributed by atoms with Gasteiger partial charge in [0, 0.05) is 0 Å². The van der Waals surface area contributed by atoms with Crippen LogP contribution in [0.15, 0.2) is 33.1 Å². The van der Waals surface area contributed by atoms with Gasteiger partial charge in [-0.3, -0.25) is 0 Å². The molecule has 1 N–H and O–H groups in total. The molecule has 23 heavy (non-hydrogen) atoms. The van der Waals surface area contributed by atoms with E-state index < -0.39 is 0 Å². The fourth-order valence-electron chi connectivity index (χ4n) is 1.81. The van der Waals surface area contributed by atoms with E-state index in [9.17, 15) is 0 Å². The van der Waals surface area contributed by atoms with Crippen molar-refractivity contribution in [3.63, 3.8) is 0 Å². The number of ether oxygens (including phenoxy) is 1. The maximum atomic E-state index is 5.58. The fraction of sp³-hybridized carbons (Fsp3) is 0.286. The van der Waals surface area contributed by atoms with E-state index in [0.717, 1.165) is 15.8 Å². The van der Waals surface area contributed by atoms with Gasteiger partial charge in [0.05, 0.1) is 18.0 Å². The second kappa shape index (κ2) is 7.42. The summed E-state index contributed by atoms with van der Waals surface area (Å²) in [4.78, 5) is 4.16. The number of aryl methyl sites for hydroxylation is 1. The summed E-state index contributed by atoms with van der Waals surface area (Å²) in [6.45, 7) is 4.36. The van der Waals surface area contributed by atoms with E-state index in [0.29, 0.717) is 29.2 Å². The number of aromatic nitrogens is 4. The van der Waals surface area contributed by atoms with Crippen LogP contribution in [0.3, 0.4) is 0 Å². The molecule has 3 aromatic rings. The monoisotopic (exact) mass is 349 g/mol. The lowest BCUT2D eigenvalue weighted by molar-refractivity contribution is 0.342. The van der Waals surface area contributed by atoms with E-state index in [1.54, 1.807) is 6.92 Å². The van der Waals surface area contributed by atoms with Gasteiger partial charge in [-0.05, 0) is 26.0 Å². The molecule has 0 fully saturated rings. The normalized spacial score (nSPS) is 10.7. The van der Waals surface area contributed by atoms with Crippen molar-refractivity contribution in [2.45, 2.75) is 23.9 Å². The van der Waals surface area contributed by atoms with Crippen molar-refractivity contribution in [3.05, 3.63) is 36.0 Å². The molecular weight excluding hydrogens is 334 g/mol. The van der Waals surface area contributed by atoms with Gasteiger partial charge >= 0.3 is 0 Å². The predicted octanol–water partition coefficient (Wildman–Crippen LogP) is 3.66. The lowest BCUT2D eigenvalue weighted by atomic mass is 10.3. The average molecular weight is 349 g/mol. The molecule has 0 atom stereocenters. The lowest BCUT2D eigenvalue weighted by Crippen LogP contribution is -1.97. The SMILES string of the molecule is CCOc1ccccc1Nc1nnc(SCc2nc(C)no2)s1. The minimum atomic E-state index is 0.574. The predicted molar refractivity (Wildman–Crippen MR) is 89.4 cm³/mol. The first-order valence-corrected chi connectivity index (χ1v) is 8.79. The molecular formula is C14H15N5O2S2. The first-order valence-electron chi connectivity index (χ1n) is 6.99. The van der Waals surface area contributed by atoms with E-state index in [1.807, 2.05) is 31.2 Å². The van der Waals surface area contributed by atoms with Crippen molar-refractivity contribution in [1.82, 2.24) is 20.3 Å². The zero-order valence-corrected chi connectivity index (χ0v) is 14.3. The van der Waals surface area contributed by atoms with Crippen molar-refractivity contribution in [2.24, 2.45) is 0 Å². The molecule has 0 bridgehead atoms. The fourth-order valence-corrected chi connectivity index (χ4v) is 3.41. The van der Waals surface area contributed by atoms with E-state index >= 15 is 0 Å². The molecule has 9 heteroatoms. The Labute approximate surface area is 141 Å². The van der Waals surface area contributed by atoms with Crippen molar-refractivity contribution >= 4 is 33.9 Å². The third-order valence-corrected chi connectivity index (χ3v) is 4.68. The van der Waals surface area contributed by atoms with Crippen molar-refractivity contribution in [2.75, 3.05) is 11.9 Å². The number of nitrogens with zero attached hydrogens (tertiary/aromatic N) is 4. The topological polar surface area (TPSA) is 86.0 Å². The van der Waals surface area contributed by atoms with E-state index in [2.05, 4.69) is 25.7 Å². The summed E-state index contributed by atoms with van der Waals surface area (Å²) in [7, 11) is 0. The Balaban J connectivity index is 1.63. The van der Waals surface area contributed by atoms with Gasteiger partial charge in [0.25, 0.3) is 0 Å². The summed E-state index contributed by atoms with van der Waals surface area (Å²) < 4.78 is 11.5. The number of nitrogens with one attached hydrogen (secondary N) is 1. The molecule has 0 saturated heterocycles. The van der Waals surface area contributed by atoms with Crippen molar-refractivity contribution in [1.29, 1.82) is 0 Å². The van der Waals surface area contributed by atoms with Crippen LogP contribution in [0.2, 0.25) is 0 Å². The first-order chi connectivity index (χ1) is 11.2. The van der Waals surface area contributed by atoms with Gasteiger partial charge in [0.2, 0.25) is 11.0 Å². The number of hydrogen-bond donors (Lipinski definition) is 1. The second-order valence-corrected chi connectivity index (χ2v) is 6.65. The van der Waals surface area contributed by atoms with Crippen LogP contribution in [0.25, 0.3) is 0 Å². The third-order valence-electron chi connectivity index (χ3n) is 2.72. The molecule has 7 nitrogen and oxygen atoms in total. The Kier molecular flexibility index (Phi) is 5.09. The van der Waals surface area contributed by atoms with Crippen molar-refractivity contribution < 1.29 is 9.26 Å². The van der Waals surface area contributed by atoms with Gasteiger partial charge in [0.15, 0.2) is 10.2 Å². The highest BCUT2D eigenvalue weighted by atomic mass is 32.2. The molecule has 0 amide bonds. The van der Waals surface area contributed by atoms with Crippen LogP contribution in [-0.2, 0) is 5.75 Å². The Morgan fingerprint density at radius 3 is 2.96 bits per heavy atom. The van der Waals surface area contributed by atoms with Crippen LogP contribution in [0.5, 0.6) is 5.75 Å². The Hall–Kier alpha value is -2.13. The summed E-state index contributed by atoms with van der Waals surface area (Å²) in [5.41, 5.74) is 0.870. The van der Waals surface area contributed by atoms with Crippen LogP contribution in [0.4, 0.5) is 10.8 Å². The number of anilines is 2. The summed E-state index contributed by atoms with van der Waals surface area (Å²) in [6, 6.07) is 7.74. The van der Waals surface area contributed by atoms with Crippen LogP contribution < -0.4 is 10.1 Å². The molecule has 3 rings (SSSR count). The quantitative estimate of drug-likeness (QED) is 0.647. The lowest BCUT2D eigenvalue weighted by Gasteiger charge is -2.09. The maximum absolute atomic E-state index is 5.58. The molecule has 2 aromatic heterocycles. The standard InChI is InChI=1S/C14H15N5O2S2/c1-3-20-11-7-5-4-6-10(11)16-13-17-18-14(23-13)22-8-12-15-9(2)19-21-12/h4-7H,3,8H2,1-2H3,(H,16,17). The third kappa shape index (κ3) is 4.20. The smallest absolute Gasteiger partial charge is 0.237 e. The molecule has 0 unspecified atom stereocenters. The summed E-state index contributed by atoms with van der Waals surface area (Å²) in [5, 5.41) is 16.0. The number of para-hydroxylation sites is 2. The minimum absolute atomic E-state index is 0.574. The molecule has 0 saturated carbocycles. The highest BCUT2D eigenvalue weighted by Gasteiger charge is 2.10. The van der Waals surface area contributed by atoms with E-state index in [1.165, 1.54) is 23.1 Å². The van der Waals surface area contributed by atoms with Crippen LogP contribution in [0.1, 0.15) is 18.6 Å². The van der Waals surface area contributed by atoms with Gasteiger partial charge < -0.3 is 14.6 Å². The highest BCUT2D eigenvalue weighted by molar-refractivity contribution is 8.00. The molecule has 0 spiro atoms. The molecule has 2 heterocycles. The molecule has 0 radical (unpaired) electrons. The maximum Gasteiger partial charge on any atom is 0.237 e. The van der Waals surface area contributed by atoms with Gasteiger partial charge in [-0.15, -0.1) is 10.2 Å². The average Bonchev–Trinajstić information content (AvgIpc) is 3.16. The van der Waals surface area contributed by atoms with Gasteiger partial charge in [-0.25, -0.2) is 0 Å². The number of rotatable bonds is 7. The summed E-state index contributed by atoms with van der Waals surface area (Å²) in [6.07, 6.45) is 0. The number of hydrogen-bond acceptors (Lipinski definition) is 9. The van der Waals surface area contributed by atoms with E-state index in [4.69, 9.17) is 9.26 Å². The van der Waals surface area contributed by atoms with Gasteiger partial charge in [-0.2, -0.15) is 4.98 Å². The van der Waals surface area contributed by atoms with Crippen LogP contribution in [0, 0.1) is 6.92 Å². The van der Waals surface area contributed by atoms with E-state index in [-0.39, 0.29) is 0 Å². The Morgan fingerprint density at radius 2 is 2.17 bits per heavy atom. The summed E-state index contributed by atoms with van der Waals surface area (Å²) in [5.74, 6) is 2.58. The van der Waals surface area contributed by atoms with Gasteiger partial charge in [0.1, 0.15) is 5.75 Å². The zero-order chi connectivity index (χ0) is 16.1. The molecule has 1 aromatic carbocycles. The first kappa shape index (κ1) is 15.8. The summed E-state index contributed by atoms with van der Waals surface area (Å²) >= 11 is 2.97. The zero-order valence-electron chi connectivity index (χ0n) is 12.6. The van der Waals surface area contributed by atoms with Crippen LogP contribution >= 0.6 is 23.1 Å². The molecule has 120 valence electrons. The number of benzene rings is 1. The van der Waals surface area contributed by atoms with Crippen molar-refractivity contribution in [3.8, 4) is 5.75 Å². The largest absolute Gasteiger partial charge is 0.492 e. The minimum Gasteiger partial charge on any atom is -0.492 e. The Bertz CT molecular complexity index is 774. The van der Waals surface area contributed by atoms with Gasteiger partial charge in [-0.1, -0.05) is 40.4 Å². The molecule has 0 aliphatic rings. The highest BCUT2D eigenvalue weighted by Crippen LogP contribution is 2.32. The second-order valence-electron chi connectivity index (χ2n) is 4.45. The Morgan fingerprint density at radius 1 is 1.30 bits per heavy atom.